The van der Waals surface area contributed by atoms with Gasteiger partial charge in [-0.15, -0.1) is 0 Å². The van der Waals surface area contributed by atoms with Gasteiger partial charge in [0.25, 0.3) is 0 Å². The highest BCUT2D eigenvalue weighted by molar-refractivity contribution is 6.26. The Morgan fingerprint density at radius 3 is 2.43 bits per heavy atom. The number of hydrogen-bond acceptors (Lipinski definition) is 7. The molecular weight excluding hydrogens is 280 g/mol. The summed E-state index contributed by atoms with van der Waals surface area (Å²) in [7, 11) is 1.55. The SMILES string of the molecule is COCCOCCOC(=O)C(CCC(=O)C=N)NC(C)=O. The summed E-state index contributed by atoms with van der Waals surface area (Å²) in [5.74, 6) is -1.44. The molecule has 0 aliphatic rings. The van der Waals surface area contributed by atoms with Crippen molar-refractivity contribution in [3.63, 3.8) is 0 Å². The van der Waals surface area contributed by atoms with Crippen LogP contribution in [-0.2, 0) is 28.6 Å². The van der Waals surface area contributed by atoms with Gasteiger partial charge in [0.2, 0.25) is 5.91 Å². The lowest BCUT2D eigenvalue weighted by atomic mass is 10.1. The number of ketones is 1. The number of amides is 1. The molecule has 0 heterocycles. The number of hydrogen-bond donors (Lipinski definition) is 2. The van der Waals surface area contributed by atoms with Crippen LogP contribution in [0.5, 0.6) is 0 Å². The monoisotopic (exact) mass is 302 g/mol. The number of Topliss-reactive ketones (excluding diaryl/α,β-unsaturated/α-hetero) is 1. The molecule has 1 unspecified atom stereocenters. The highest BCUT2D eigenvalue weighted by atomic mass is 16.6. The third kappa shape index (κ3) is 10.6. The molecule has 0 aliphatic heterocycles. The zero-order chi connectivity index (χ0) is 16.1. The molecule has 1 atom stereocenters. The smallest absolute Gasteiger partial charge is 0.328 e. The van der Waals surface area contributed by atoms with E-state index in [1.165, 1.54) is 6.92 Å². The van der Waals surface area contributed by atoms with Gasteiger partial charge < -0.3 is 24.9 Å². The molecule has 8 heteroatoms. The van der Waals surface area contributed by atoms with E-state index in [-0.39, 0.29) is 26.1 Å². The quantitative estimate of drug-likeness (QED) is 0.290. The first-order valence-electron chi connectivity index (χ1n) is 6.55. The Bertz CT molecular complexity index is 359. The fourth-order valence-electron chi connectivity index (χ4n) is 1.40. The van der Waals surface area contributed by atoms with Crippen LogP contribution in [0.2, 0.25) is 0 Å². The number of nitrogens with one attached hydrogen (secondary N) is 2. The van der Waals surface area contributed by atoms with Crippen LogP contribution >= 0.6 is 0 Å². The van der Waals surface area contributed by atoms with Crippen LogP contribution in [0.3, 0.4) is 0 Å². The van der Waals surface area contributed by atoms with Crippen LogP contribution in [0.15, 0.2) is 0 Å². The lowest BCUT2D eigenvalue weighted by Gasteiger charge is -2.16. The van der Waals surface area contributed by atoms with Crippen LogP contribution in [0.4, 0.5) is 0 Å². The minimum atomic E-state index is -0.898. The van der Waals surface area contributed by atoms with Crippen molar-refractivity contribution in [2.75, 3.05) is 33.5 Å². The Kier molecular flexibility index (Phi) is 11.0. The summed E-state index contributed by atoms with van der Waals surface area (Å²) in [4.78, 5) is 33.9. The maximum atomic E-state index is 11.8. The van der Waals surface area contributed by atoms with Crippen molar-refractivity contribution in [1.82, 2.24) is 5.32 Å². The molecule has 0 aromatic heterocycles. The molecule has 0 aliphatic carbocycles. The fourth-order valence-corrected chi connectivity index (χ4v) is 1.40. The Hall–Kier alpha value is -1.80. The Balaban J connectivity index is 4.09. The average molecular weight is 302 g/mol. The normalized spacial score (nSPS) is 11.5. The number of carbonyl (C=O) groups excluding carboxylic acids is 3. The van der Waals surface area contributed by atoms with Crippen LogP contribution in [-0.4, -0.2) is 63.5 Å². The Labute approximate surface area is 123 Å². The third-order valence-electron chi connectivity index (χ3n) is 2.41. The highest BCUT2D eigenvalue weighted by Gasteiger charge is 2.21. The van der Waals surface area contributed by atoms with Crippen molar-refractivity contribution in [2.24, 2.45) is 0 Å². The van der Waals surface area contributed by atoms with Gasteiger partial charge >= 0.3 is 5.97 Å². The minimum absolute atomic E-state index is 0.00607. The number of carbonyl (C=O) groups is 3. The van der Waals surface area contributed by atoms with Gasteiger partial charge in [0.15, 0.2) is 5.78 Å². The zero-order valence-electron chi connectivity index (χ0n) is 12.3. The van der Waals surface area contributed by atoms with Crippen LogP contribution in [0.1, 0.15) is 19.8 Å². The van der Waals surface area contributed by atoms with E-state index in [0.717, 1.165) is 0 Å². The predicted molar refractivity (Wildman–Crippen MR) is 74.3 cm³/mol. The van der Waals surface area contributed by atoms with Gasteiger partial charge in [0.1, 0.15) is 12.6 Å². The maximum Gasteiger partial charge on any atom is 0.328 e. The lowest BCUT2D eigenvalue weighted by Crippen LogP contribution is -2.41. The summed E-state index contributed by atoms with van der Waals surface area (Å²) < 4.78 is 14.9. The largest absolute Gasteiger partial charge is 0.462 e. The summed E-state index contributed by atoms with van der Waals surface area (Å²) in [5, 5.41) is 9.21. The van der Waals surface area contributed by atoms with Gasteiger partial charge in [-0.1, -0.05) is 0 Å². The molecular formula is C13H22N2O6. The minimum Gasteiger partial charge on any atom is -0.462 e. The second kappa shape index (κ2) is 12.0. The summed E-state index contributed by atoms with van der Waals surface area (Å²) in [6.45, 7) is 2.40. The van der Waals surface area contributed by atoms with Crippen molar-refractivity contribution < 1.29 is 28.6 Å². The first-order chi connectivity index (χ1) is 10.0. The summed E-state index contributed by atoms with van der Waals surface area (Å²) in [5.41, 5.74) is 0. The second-order valence-corrected chi connectivity index (χ2v) is 4.18. The molecule has 0 spiro atoms. The van der Waals surface area contributed by atoms with Crippen LogP contribution in [0, 0.1) is 5.41 Å². The molecule has 120 valence electrons. The van der Waals surface area contributed by atoms with Gasteiger partial charge in [0, 0.05) is 20.5 Å². The van der Waals surface area contributed by atoms with Crippen LogP contribution < -0.4 is 5.32 Å². The first kappa shape index (κ1) is 19.2. The standard InChI is InChI=1S/C13H22N2O6/c1-10(16)15-12(4-3-11(17)9-14)13(18)21-8-7-20-6-5-19-2/h9,12,14H,3-8H2,1-2H3,(H,15,16). The number of rotatable bonds is 12. The second-order valence-electron chi connectivity index (χ2n) is 4.18. The van der Waals surface area contributed by atoms with E-state index < -0.39 is 23.7 Å². The van der Waals surface area contributed by atoms with Crippen molar-refractivity contribution in [1.29, 1.82) is 5.41 Å². The van der Waals surface area contributed by atoms with Gasteiger partial charge in [-0.05, 0) is 6.42 Å². The van der Waals surface area contributed by atoms with Gasteiger partial charge in [-0.25, -0.2) is 4.79 Å². The molecule has 0 aromatic rings. The topological polar surface area (TPSA) is 115 Å². The van der Waals surface area contributed by atoms with E-state index in [4.69, 9.17) is 19.6 Å². The number of methoxy groups -OCH3 is 1. The van der Waals surface area contributed by atoms with Gasteiger partial charge in [-0.2, -0.15) is 0 Å². The number of ether oxygens (including phenoxy) is 3. The van der Waals surface area contributed by atoms with E-state index >= 15 is 0 Å². The Morgan fingerprint density at radius 2 is 1.86 bits per heavy atom. The van der Waals surface area contributed by atoms with E-state index in [2.05, 4.69) is 5.32 Å². The predicted octanol–water partition coefficient (Wildman–Crippen LogP) is -0.304. The molecule has 1 amide bonds. The van der Waals surface area contributed by atoms with E-state index in [1.54, 1.807) is 7.11 Å². The fraction of sp³-hybridized carbons (Fsp3) is 0.692. The third-order valence-corrected chi connectivity index (χ3v) is 2.41. The summed E-state index contributed by atoms with van der Waals surface area (Å²) >= 11 is 0. The van der Waals surface area contributed by atoms with Crippen molar-refractivity contribution in [3.8, 4) is 0 Å². The van der Waals surface area contributed by atoms with E-state index in [0.29, 0.717) is 19.4 Å². The molecule has 8 nitrogen and oxygen atoms in total. The molecule has 0 saturated heterocycles. The first-order valence-corrected chi connectivity index (χ1v) is 6.55. The average Bonchev–Trinajstić information content (AvgIpc) is 2.46. The Morgan fingerprint density at radius 1 is 1.19 bits per heavy atom. The maximum absolute atomic E-state index is 11.8. The van der Waals surface area contributed by atoms with Crippen LogP contribution in [0.25, 0.3) is 0 Å². The highest BCUT2D eigenvalue weighted by Crippen LogP contribution is 2.01. The lowest BCUT2D eigenvalue weighted by molar-refractivity contribution is -0.149. The van der Waals surface area contributed by atoms with Crippen molar-refractivity contribution in [3.05, 3.63) is 0 Å². The molecule has 0 aromatic carbocycles. The van der Waals surface area contributed by atoms with Gasteiger partial charge in [0.05, 0.1) is 26.0 Å². The van der Waals surface area contributed by atoms with Gasteiger partial charge in [-0.3, -0.25) is 9.59 Å². The summed E-state index contributed by atoms with van der Waals surface area (Å²) in [6.07, 6.45) is 0.769. The molecule has 0 radical (unpaired) electrons. The molecule has 2 N–H and O–H groups in total. The van der Waals surface area contributed by atoms with E-state index in [9.17, 15) is 14.4 Å². The zero-order valence-corrected chi connectivity index (χ0v) is 12.3. The molecule has 0 fully saturated rings. The van der Waals surface area contributed by atoms with E-state index in [1.807, 2.05) is 0 Å². The molecule has 0 saturated carbocycles. The van der Waals surface area contributed by atoms with Crippen molar-refractivity contribution in [2.45, 2.75) is 25.8 Å². The van der Waals surface area contributed by atoms with Crippen molar-refractivity contribution >= 4 is 23.9 Å². The summed E-state index contributed by atoms with van der Waals surface area (Å²) in [6, 6.07) is -0.898. The molecule has 21 heavy (non-hydrogen) atoms. The molecule has 0 rings (SSSR count). The molecule has 0 bridgehead atoms. The number of esters is 1.